The SMILES string of the molecule is CCC1CC(=O)N(Cc2ccc([N+](=O)[O-])c(NN)c2)C1. The van der Waals surface area contributed by atoms with Crippen molar-refractivity contribution in [2.75, 3.05) is 12.0 Å². The molecule has 1 heterocycles. The maximum atomic E-state index is 11.9. The Balaban J connectivity index is 2.14. The van der Waals surface area contributed by atoms with Gasteiger partial charge in [-0.15, -0.1) is 0 Å². The zero-order valence-electron chi connectivity index (χ0n) is 11.3. The van der Waals surface area contributed by atoms with Crippen LogP contribution in [-0.2, 0) is 11.3 Å². The van der Waals surface area contributed by atoms with Gasteiger partial charge in [0.05, 0.1) is 4.92 Å². The van der Waals surface area contributed by atoms with Crippen LogP contribution in [0.4, 0.5) is 11.4 Å². The van der Waals surface area contributed by atoms with Crippen LogP contribution in [0.1, 0.15) is 25.3 Å². The van der Waals surface area contributed by atoms with Crippen molar-refractivity contribution in [1.82, 2.24) is 4.90 Å². The fraction of sp³-hybridized carbons (Fsp3) is 0.462. The first kappa shape index (κ1) is 14.3. The minimum absolute atomic E-state index is 0.0737. The van der Waals surface area contributed by atoms with Crippen LogP contribution >= 0.6 is 0 Å². The number of nitrogens with zero attached hydrogens (tertiary/aromatic N) is 2. The van der Waals surface area contributed by atoms with E-state index in [1.165, 1.54) is 6.07 Å². The van der Waals surface area contributed by atoms with Crippen LogP contribution in [-0.4, -0.2) is 22.3 Å². The molecule has 0 aromatic heterocycles. The van der Waals surface area contributed by atoms with Gasteiger partial charge in [-0.2, -0.15) is 0 Å². The molecule has 20 heavy (non-hydrogen) atoms. The summed E-state index contributed by atoms with van der Waals surface area (Å²) in [5.41, 5.74) is 3.34. The Kier molecular flexibility index (Phi) is 4.19. The van der Waals surface area contributed by atoms with Crippen LogP contribution in [0.5, 0.6) is 0 Å². The van der Waals surface area contributed by atoms with Gasteiger partial charge in [0.15, 0.2) is 0 Å². The zero-order chi connectivity index (χ0) is 14.7. The van der Waals surface area contributed by atoms with Crippen LogP contribution in [0.15, 0.2) is 18.2 Å². The minimum Gasteiger partial charge on any atom is -0.338 e. The lowest BCUT2D eigenvalue weighted by molar-refractivity contribution is -0.384. The molecular weight excluding hydrogens is 260 g/mol. The van der Waals surface area contributed by atoms with Crippen molar-refractivity contribution < 1.29 is 9.72 Å². The molecule has 0 bridgehead atoms. The number of nitro groups is 1. The summed E-state index contributed by atoms with van der Waals surface area (Å²) in [6.45, 7) is 3.28. The lowest BCUT2D eigenvalue weighted by Crippen LogP contribution is -2.24. The number of amides is 1. The van der Waals surface area contributed by atoms with Gasteiger partial charge in [0, 0.05) is 25.6 Å². The minimum atomic E-state index is -0.493. The van der Waals surface area contributed by atoms with Gasteiger partial charge in [0.2, 0.25) is 5.91 Å². The number of nitro benzene ring substituents is 1. The second kappa shape index (κ2) is 5.87. The lowest BCUT2D eigenvalue weighted by Gasteiger charge is -2.17. The average Bonchev–Trinajstić information content (AvgIpc) is 2.79. The number of nitrogen functional groups attached to an aromatic ring is 1. The summed E-state index contributed by atoms with van der Waals surface area (Å²) < 4.78 is 0. The molecule has 1 atom stereocenters. The second-order valence-electron chi connectivity index (χ2n) is 5.01. The molecule has 7 nitrogen and oxygen atoms in total. The van der Waals surface area contributed by atoms with Gasteiger partial charge in [-0.1, -0.05) is 19.4 Å². The Morgan fingerprint density at radius 2 is 2.30 bits per heavy atom. The first-order valence-electron chi connectivity index (χ1n) is 6.56. The molecule has 1 aromatic rings. The quantitative estimate of drug-likeness (QED) is 0.484. The molecule has 3 N–H and O–H groups in total. The third kappa shape index (κ3) is 2.88. The van der Waals surface area contributed by atoms with Gasteiger partial charge in [0.1, 0.15) is 5.69 Å². The van der Waals surface area contributed by atoms with Gasteiger partial charge in [-0.05, 0) is 17.5 Å². The normalized spacial score (nSPS) is 18.4. The van der Waals surface area contributed by atoms with Crippen molar-refractivity contribution in [2.24, 2.45) is 11.8 Å². The monoisotopic (exact) mass is 278 g/mol. The Morgan fingerprint density at radius 3 is 2.85 bits per heavy atom. The fourth-order valence-corrected chi connectivity index (χ4v) is 2.46. The highest BCUT2D eigenvalue weighted by Crippen LogP contribution is 2.27. The van der Waals surface area contributed by atoms with E-state index in [-0.39, 0.29) is 17.3 Å². The zero-order valence-corrected chi connectivity index (χ0v) is 11.3. The standard InChI is InChI=1S/C13H18N4O3/c1-2-9-6-13(18)16(7-9)8-10-3-4-12(17(19)20)11(5-10)15-14/h3-5,9,15H,2,6-8,14H2,1H3. The first-order valence-corrected chi connectivity index (χ1v) is 6.56. The molecule has 1 saturated heterocycles. The second-order valence-corrected chi connectivity index (χ2v) is 5.01. The van der Waals surface area contributed by atoms with Crippen LogP contribution in [0.3, 0.4) is 0 Å². The predicted octanol–water partition coefficient (Wildman–Crippen LogP) is 1.64. The number of anilines is 1. The third-order valence-electron chi connectivity index (χ3n) is 3.66. The molecule has 1 fully saturated rings. The van der Waals surface area contributed by atoms with Gasteiger partial charge in [-0.25, -0.2) is 0 Å². The molecule has 1 aliphatic heterocycles. The van der Waals surface area contributed by atoms with Gasteiger partial charge in [-0.3, -0.25) is 20.8 Å². The summed E-state index contributed by atoms with van der Waals surface area (Å²) in [6.07, 6.45) is 1.57. The van der Waals surface area contributed by atoms with Crippen LogP contribution in [0.25, 0.3) is 0 Å². The highest BCUT2D eigenvalue weighted by molar-refractivity contribution is 5.78. The maximum Gasteiger partial charge on any atom is 0.293 e. The molecule has 2 rings (SSSR count). The van der Waals surface area contributed by atoms with E-state index < -0.39 is 4.92 Å². The van der Waals surface area contributed by atoms with Crippen molar-refractivity contribution in [3.8, 4) is 0 Å². The molecule has 0 saturated carbocycles. The van der Waals surface area contributed by atoms with Crippen molar-refractivity contribution in [3.63, 3.8) is 0 Å². The van der Waals surface area contributed by atoms with Gasteiger partial charge < -0.3 is 10.3 Å². The van der Waals surface area contributed by atoms with Crippen molar-refractivity contribution in [1.29, 1.82) is 0 Å². The Bertz CT molecular complexity index is 532. The van der Waals surface area contributed by atoms with E-state index in [1.807, 2.05) is 0 Å². The molecule has 0 spiro atoms. The smallest absolute Gasteiger partial charge is 0.293 e. The number of rotatable bonds is 5. The topological polar surface area (TPSA) is 102 Å². The summed E-state index contributed by atoms with van der Waals surface area (Å²) in [6, 6.07) is 4.68. The van der Waals surface area contributed by atoms with Crippen molar-refractivity contribution in [3.05, 3.63) is 33.9 Å². The summed E-state index contributed by atoms with van der Waals surface area (Å²) in [4.78, 5) is 24.0. The number of nitrogens with one attached hydrogen (secondary N) is 1. The Labute approximate surface area is 116 Å². The van der Waals surface area contributed by atoms with E-state index in [0.717, 1.165) is 18.5 Å². The Hall–Kier alpha value is -2.15. The van der Waals surface area contributed by atoms with E-state index in [4.69, 9.17) is 5.84 Å². The number of hydrogen-bond donors (Lipinski definition) is 2. The molecule has 1 aliphatic rings. The predicted molar refractivity (Wildman–Crippen MR) is 74.7 cm³/mol. The molecule has 1 amide bonds. The summed E-state index contributed by atoms with van der Waals surface area (Å²) in [5.74, 6) is 5.85. The average molecular weight is 278 g/mol. The highest BCUT2D eigenvalue weighted by atomic mass is 16.6. The molecular formula is C13H18N4O3. The molecule has 0 aliphatic carbocycles. The number of benzene rings is 1. The molecule has 1 unspecified atom stereocenters. The number of carbonyl (C=O) groups excluding carboxylic acids is 1. The summed E-state index contributed by atoms with van der Waals surface area (Å²) in [5, 5.41) is 10.8. The molecule has 108 valence electrons. The molecule has 1 aromatic carbocycles. The van der Waals surface area contributed by atoms with E-state index >= 15 is 0 Å². The fourth-order valence-electron chi connectivity index (χ4n) is 2.46. The van der Waals surface area contributed by atoms with E-state index in [0.29, 0.717) is 18.9 Å². The van der Waals surface area contributed by atoms with E-state index in [1.54, 1.807) is 17.0 Å². The maximum absolute atomic E-state index is 11.9. The van der Waals surface area contributed by atoms with E-state index in [9.17, 15) is 14.9 Å². The molecule has 0 radical (unpaired) electrons. The number of likely N-dealkylation sites (tertiary alicyclic amines) is 1. The highest BCUT2D eigenvalue weighted by Gasteiger charge is 2.28. The number of carbonyl (C=O) groups is 1. The summed E-state index contributed by atoms with van der Waals surface area (Å²) in [7, 11) is 0. The third-order valence-corrected chi connectivity index (χ3v) is 3.66. The Morgan fingerprint density at radius 1 is 1.55 bits per heavy atom. The van der Waals surface area contributed by atoms with Crippen molar-refractivity contribution in [2.45, 2.75) is 26.3 Å². The van der Waals surface area contributed by atoms with E-state index in [2.05, 4.69) is 12.3 Å². The van der Waals surface area contributed by atoms with Gasteiger partial charge in [0.25, 0.3) is 5.69 Å². The summed E-state index contributed by atoms with van der Waals surface area (Å²) >= 11 is 0. The largest absolute Gasteiger partial charge is 0.338 e. The van der Waals surface area contributed by atoms with Crippen LogP contribution < -0.4 is 11.3 Å². The van der Waals surface area contributed by atoms with Crippen molar-refractivity contribution >= 4 is 17.3 Å². The number of nitrogens with two attached hydrogens (primary N) is 1. The van der Waals surface area contributed by atoms with Crippen LogP contribution in [0.2, 0.25) is 0 Å². The first-order chi connectivity index (χ1) is 9.55. The number of hydrazine groups is 1. The van der Waals surface area contributed by atoms with Gasteiger partial charge >= 0.3 is 0 Å². The molecule has 7 heteroatoms. The van der Waals surface area contributed by atoms with Crippen LogP contribution in [0, 0.1) is 16.0 Å². The number of hydrogen-bond acceptors (Lipinski definition) is 5. The lowest BCUT2D eigenvalue weighted by atomic mass is 10.1.